The zero-order chi connectivity index (χ0) is 22.0. The monoisotopic (exact) mass is 427 g/mol. The van der Waals surface area contributed by atoms with Gasteiger partial charge in [-0.3, -0.25) is 24.1 Å². The van der Waals surface area contributed by atoms with E-state index in [1.54, 1.807) is 36.4 Å². The summed E-state index contributed by atoms with van der Waals surface area (Å²) in [4.78, 5) is 51.0. The van der Waals surface area contributed by atoms with Gasteiger partial charge in [0, 0.05) is 12.6 Å². The van der Waals surface area contributed by atoms with Gasteiger partial charge >= 0.3 is 0 Å². The van der Waals surface area contributed by atoms with Crippen LogP contribution in [0.2, 0.25) is 5.02 Å². The summed E-state index contributed by atoms with van der Waals surface area (Å²) in [6.45, 7) is 5.20. The Balaban J connectivity index is 1.86. The third-order valence-corrected chi connectivity index (χ3v) is 4.99. The molecular formula is C22H22ClN3O4. The summed E-state index contributed by atoms with van der Waals surface area (Å²) in [5, 5.41) is 5.54. The molecule has 1 unspecified atom stereocenters. The van der Waals surface area contributed by atoms with Crippen LogP contribution in [0.15, 0.2) is 42.5 Å². The molecule has 30 heavy (non-hydrogen) atoms. The number of rotatable bonds is 6. The topological polar surface area (TPSA) is 95.6 Å². The second kappa shape index (κ2) is 8.67. The number of carbonyl (C=O) groups is 4. The number of fused-ring (bicyclic) bond motifs is 1. The van der Waals surface area contributed by atoms with Gasteiger partial charge in [-0.2, -0.15) is 0 Å². The van der Waals surface area contributed by atoms with Crippen molar-refractivity contribution in [2.75, 3.05) is 10.6 Å². The summed E-state index contributed by atoms with van der Waals surface area (Å²) in [7, 11) is 0. The van der Waals surface area contributed by atoms with Crippen LogP contribution in [0.1, 0.15) is 47.9 Å². The number of nitrogens with one attached hydrogen (secondary N) is 2. The fourth-order valence-corrected chi connectivity index (χ4v) is 3.61. The lowest BCUT2D eigenvalue weighted by Gasteiger charge is -2.27. The molecule has 2 N–H and O–H groups in total. The van der Waals surface area contributed by atoms with Gasteiger partial charge in [-0.05, 0) is 42.7 Å². The number of anilines is 2. The minimum atomic E-state index is -0.983. The molecule has 1 aliphatic heterocycles. The number of halogens is 1. The highest BCUT2D eigenvalue weighted by molar-refractivity contribution is 6.34. The van der Waals surface area contributed by atoms with E-state index in [1.807, 2.05) is 13.8 Å². The van der Waals surface area contributed by atoms with Crippen LogP contribution < -0.4 is 10.6 Å². The van der Waals surface area contributed by atoms with E-state index in [0.717, 1.165) is 4.90 Å². The van der Waals surface area contributed by atoms with Crippen LogP contribution in [-0.2, 0) is 9.59 Å². The quantitative estimate of drug-likeness (QED) is 0.682. The molecule has 0 spiro atoms. The first kappa shape index (κ1) is 21.5. The summed E-state index contributed by atoms with van der Waals surface area (Å²) in [6, 6.07) is 10.2. The lowest BCUT2D eigenvalue weighted by molar-refractivity contribution is -0.120. The Bertz CT molecular complexity index is 1000. The van der Waals surface area contributed by atoms with Crippen LogP contribution in [0.3, 0.4) is 0 Å². The number of nitrogens with zero attached hydrogens (tertiary/aromatic N) is 1. The van der Waals surface area contributed by atoms with Gasteiger partial charge in [0.15, 0.2) is 0 Å². The Kier molecular flexibility index (Phi) is 6.22. The molecule has 1 atom stereocenters. The maximum atomic E-state index is 13.1. The second-order valence-electron chi connectivity index (χ2n) is 7.54. The van der Waals surface area contributed by atoms with E-state index in [0.29, 0.717) is 28.9 Å². The van der Waals surface area contributed by atoms with E-state index >= 15 is 0 Å². The smallest absolute Gasteiger partial charge is 0.262 e. The first-order valence-electron chi connectivity index (χ1n) is 9.54. The van der Waals surface area contributed by atoms with Crippen LogP contribution in [0.25, 0.3) is 0 Å². The number of hydrogen-bond acceptors (Lipinski definition) is 4. The predicted octanol–water partition coefficient (Wildman–Crippen LogP) is 3.95. The summed E-state index contributed by atoms with van der Waals surface area (Å²) >= 11 is 6.24. The molecule has 156 valence electrons. The van der Waals surface area contributed by atoms with Crippen molar-refractivity contribution in [2.45, 2.75) is 33.2 Å². The molecule has 0 saturated carbocycles. The Labute approximate surface area is 179 Å². The van der Waals surface area contributed by atoms with Crippen molar-refractivity contribution in [3.05, 3.63) is 58.6 Å². The van der Waals surface area contributed by atoms with Crippen LogP contribution >= 0.6 is 11.6 Å². The second-order valence-corrected chi connectivity index (χ2v) is 7.94. The Morgan fingerprint density at radius 2 is 1.60 bits per heavy atom. The molecule has 2 aromatic rings. The van der Waals surface area contributed by atoms with E-state index < -0.39 is 23.8 Å². The van der Waals surface area contributed by atoms with E-state index in [4.69, 9.17) is 11.6 Å². The number of carbonyl (C=O) groups excluding carboxylic acids is 4. The van der Waals surface area contributed by atoms with E-state index in [2.05, 4.69) is 10.6 Å². The molecule has 3 rings (SSSR count). The Morgan fingerprint density at radius 1 is 1.00 bits per heavy atom. The molecule has 1 heterocycles. The fraction of sp³-hybridized carbons (Fsp3) is 0.273. The molecular weight excluding hydrogens is 406 g/mol. The van der Waals surface area contributed by atoms with Crippen molar-refractivity contribution < 1.29 is 19.2 Å². The number of imide groups is 1. The average Bonchev–Trinajstić information content (AvgIpc) is 2.92. The third-order valence-electron chi connectivity index (χ3n) is 4.68. The van der Waals surface area contributed by atoms with Crippen LogP contribution in [-0.4, -0.2) is 34.6 Å². The van der Waals surface area contributed by atoms with Crippen molar-refractivity contribution in [1.29, 1.82) is 0 Å². The SMILES string of the molecule is CC(=O)Nc1ccc(NC(=O)C(CC(C)C)N2C(=O)c3ccccc3C2=O)c(Cl)c1. The highest BCUT2D eigenvalue weighted by atomic mass is 35.5. The predicted molar refractivity (Wildman–Crippen MR) is 115 cm³/mol. The van der Waals surface area contributed by atoms with Crippen LogP contribution in [0, 0.1) is 5.92 Å². The van der Waals surface area contributed by atoms with Crippen molar-refractivity contribution in [3.63, 3.8) is 0 Å². The van der Waals surface area contributed by atoms with Gasteiger partial charge in [-0.1, -0.05) is 37.6 Å². The number of amides is 4. The number of hydrogen-bond donors (Lipinski definition) is 2. The summed E-state index contributed by atoms with van der Waals surface area (Å²) in [5.41, 5.74) is 1.40. The minimum absolute atomic E-state index is 0.0580. The van der Waals surface area contributed by atoms with Crippen LogP contribution in [0.5, 0.6) is 0 Å². The van der Waals surface area contributed by atoms with E-state index in [9.17, 15) is 19.2 Å². The zero-order valence-electron chi connectivity index (χ0n) is 16.9. The Hall–Kier alpha value is -3.19. The van der Waals surface area contributed by atoms with E-state index in [1.165, 1.54) is 13.0 Å². The fourth-order valence-electron chi connectivity index (χ4n) is 3.38. The molecule has 8 heteroatoms. The van der Waals surface area contributed by atoms with Crippen LogP contribution in [0.4, 0.5) is 11.4 Å². The molecule has 0 radical (unpaired) electrons. The van der Waals surface area contributed by atoms with Gasteiger partial charge in [0.05, 0.1) is 21.8 Å². The molecule has 0 fully saturated rings. The first-order valence-corrected chi connectivity index (χ1v) is 9.91. The molecule has 4 amide bonds. The van der Waals surface area contributed by atoms with Crippen molar-refractivity contribution in [1.82, 2.24) is 4.90 Å². The molecule has 0 bridgehead atoms. The van der Waals surface area contributed by atoms with Gasteiger partial charge in [0.1, 0.15) is 6.04 Å². The van der Waals surface area contributed by atoms with Gasteiger partial charge < -0.3 is 10.6 Å². The maximum absolute atomic E-state index is 13.1. The van der Waals surface area contributed by atoms with Crippen molar-refractivity contribution in [3.8, 4) is 0 Å². The van der Waals surface area contributed by atoms with Gasteiger partial charge in [-0.25, -0.2) is 0 Å². The highest BCUT2D eigenvalue weighted by Gasteiger charge is 2.42. The van der Waals surface area contributed by atoms with Gasteiger partial charge in [0.25, 0.3) is 11.8 Å². The molecule has 2 aromatic carbocycles. The van der Waals surface area contributed by atoms with E-state index in [-0.39, 0.29) is 16.8 Å². The molecule has 7 nitrogen and oxygen atoms in total. The first-order chi connectivity index (χ1) is 14.2. The lowest BCUT2D eigenvalue weighted by Crippen LogP contribution is -2.48. The molecule has 1 aliphatic rings. The van der Waals surface area contributed by atoms with Crippen molar-refractivity contribution in [2.24, 2.45) is 5.92 Å². The van der Waals surface area contributed by atoms with Gasteiger partial charge in [0.2, 0.25) is 11.8 Å². The van der Waals surface area contributed by atoms with Gasteiger partial charge in [-0.15, -0.1) is 0 Å². The summed E-state index contributed by atoms with van der Waals surface area (Å²) in [5.74, 6) is -1.66. The Morgan fingerprint density at radius 3 is 2.10 bits per heavy atom. The van der Waals surface area contributed by atoms with Crippen molar-refractivity contribution >= 4 is 46.6 Å². The lowest BCUT2D eigenvalue weighted by atomic mass is 10.0. The average molecular weight is 428 g/mol. The minimum Gasteiger partial charge on any atom is -0.326 e. The normalized spacial score (nSPS) is 14.0. The molecule has 0 saturated heterocycles. The third kappa shape index (κ3) is 4.36. The zero-order valence-corrected chi connectivity index (χ0v) is 17.6. The summed E-state index contributed by atoms with van der Waals surface area (Å²) < 4.78 is 0. The number of benzene rings is 2. The standard InChI is InChI=1S/C22H22ClN3O4/c1-12(2)10-19(26-21(29)15-6-4-5-7-16(15)22(26)30)20(28)25-18-9-8-14(11-17(18)23)24-13(3)27/h4-9,11-12,19H,10H2,1-3H3,(H,24,27)(H,25,28). The summed E-state index contributed by atoms with van der Waals surface area (Å²) in [6.07, 6.45) is 0.304. The molecule has 0 aromatic heterocycles. The molecule has 0 aliphatic carbocycles. The largest absolute Gasteiger partial charge is 0.326 e. The highest BCUT2D eigenvalue weighted by Crippen LogP contribution is 2.29. The maximum Gasteiger partial charge on any atom is 0.262 e.